The van der Waals surface area contributed by atoms with E-state index in [1.807, 2.05) is 6.07 Å². The zero-order valence-corrected chi connectivity index (χ0v) is 11.7. The highest BCUT2D eigenvalue weighted by molar-refractivity contribution is 5.41. The van der Waals surface area contributed by atoms with Crippen LogP contribution < -0.4 is 0 Å². The number of hydrogen-bond acceptors (Lipinski definition) is 2. The Labute approximate surface area is 121 Å². The van der Waals surface area contributed by atoms with E-state index in [1.54, 1.807) is 0 Å². The van der Waals surface area contributed by atoms with Crippen molar-refractivity contribution in [2.24, 2.45) is 0 Å². The summed E-state index contributed by atoms with van der Waals surface area (Å²) in [4.78, 5) is 2.41. The van der Waals surface area contributed by atoms with Crippen LogP contribution in [-0.2, 0) is 17.5 Å². The Kier molecular flexibility index (Phi) is 3.05. The Morgan fingerprint density at radius 2 is 1.95 bits per heavy atom. The Morgan fingerprint density at radius 1 is 1.14 bits per heavy atom. The lowest BCUT2D eigenvalue weighted by Crippen LogP contribution is -2.39. The molecule has 4 rings (SSSR count). The van der Waals surface area contributed by atoms with Crippen molar-refractivity contribution in [1.82, 2.24) is 4.90 Å². The number of nitrogens with zero attached hydrogens (tertiary/aromatic N) is 1. The summed E-state index contributed by atoms with van der Waals surface area (Å²) in [5, 5.41) is 0. The van der Waals surface area contributed by atoms with Crippen LogP contribution in [0.25, 0.3) is 0 Å². The topological polar surface area (TPSA) is 12.5 Å². The van der Waals surface area contributed by atoms with E-state index in [4.69, 9.17) is 4.74 Å². The number of ether oxygens (including phenoxy) is 1. The van der Waals surface area contributed by atoms with Gasteiger partial charge in [0.15, 0.2) is 0 Å². The summed E-state index contributed by atoms with van der Waals surface area (Å²) in [6.07, 6.45) is -0.536. The molecule has 1 saturated carbocycles. The maximum absolute atomic E-state index is 13.1. The van der Waals surface area contributed by atoms with Gasteiger partial charge in [-0.3, -0.25) is 4.90 Å². The summed E-state index contributed by atoms with van der Waals surface area (Å²) in [6.45, 7) is 1.79. The number of halogens is 3. The quantitative estimate of drug-likeness (QED) is 0.786. The molecule has 1 aromatic carbocycles. The minimum absolute atomic E-state index is 0.0570. The van der Waals surface area contributed by atoms with Gasteiger partial charge in [-0.15, -0.1) is 0 Å². The van der Waals surface area contributed by atoms with Gasteiger partial charge in [-0.25, -0.2) is 0 Å². The van der Waals surface area contributed by atoms with E-state index >= 15 is 0 Å². The van der Waals surface area contributed by atoms with Gasteiger partial charge in [0.05, 0.1) is 18.3 Å². The molecule has 2 fully saturated rings. The van der Waals surface area contributed by atoms with E-state index in [9.17, 15) is 13.2 Å². The third-order valence-electron chi connectivity index (χ3n) is 5.24. The van der Waals surface area contributed by atoms with Gasteiger partial charge in [-0.2, -0.15) is 13.2 Å². The summed E-state index contributed by atoms with van der Waals surface area (Å²) in [5.41, 5.74) is 0.671. The van der Waals surface area contributed by atoms with E-state index in [0.29, 0.717) is 11.6 Å². The lowest BCUT2D eigenvalue weighted by Gasteiger charge is -2.34. The number of likely N-dealkylation sites (tertiary alicyclic amines) is 1. The Balaban J connectivity index is 1.66. The number of alkyl halides is 3. The minimum atomic E-state index is -4.30. The van der Waals surface area contributed by atoms with Crippen LogP contribution >= 0.6 is 0 Å². The van der Waals surface area contributed by atoms with Gasteiger partial charge in [-0.05, 0) is 30.0 Å². The van der Waals surface area contributed by atoms with Crippen molar-refractivity contribution in [1.29, 1.82) is 0 Å². The largest absolute Gasteiger partial charge is 0.416 e. The number of rotatable bonds is 1. The van der Waals surface area contributed by atoms with E-state index in [1.165, 1.54) is 31.4 Å². The first-order valence-corrected chi connectivity index (χ1v) is 7.58. The smallest absolute Gasteiger partial charge is 0.371 e. The van der Waals surface area contributed by atoms with Crippen LogP contribution in [0.4, 0.5) is 13.2 Å². The number of fused-ring (bicyclic) bond motifs is 3. The maximum atomic E-state index is 13.1. The first kappa shape index (κ1) is 13.6. The molecule has 2 nitrogen and oxygen atoms in total. The Hall–Kier alpha value is -1.07. The van der Waals surface area contributed by atoms with Crippen molar-refractivity contribution >= 4 is 0 Å². The summed E-state index contributed by atoms with van der Waals surface area (Å²) < 4.78 is 45.1. The van der Waals surface area contributed by atoms with E-state index < -0.39 is 11.7 Å². The summed E-state index contributed by atoms with van der Waals surface area (Å²) in [7, 11) is 0. The van der Waals surface area contributed by atoms with Gasteiger partial charge < -0.3 is 4.74 Å². The lowest BCUT2D eigenvalue weighted by molar-refractivity contribution is -0.139. The molecule has 2 atom stereocenters. The van der Waals surface area contributed by atoms with Gasteiger partial charge >= 0.3 is 6.18 Å². The molecular weight excluding hydrogens is 279 g/mol. The molecule has 0 amide bonds. The van der Waals surface area contributed by atoms with Crippen molar-refractivity contribution in [3.8, 4) is 0 Å². The molecule has 2 heterocycles. The van der Waals surface area contributed by atoms with E-state index in [0.717, 1.165) is 18.7 Å². The van der Waals surface area contributed by atoms with Crippen LogP contribution in [-0.4, -0.2) is 30.1 Å². The molecule has 2 unspecified atom stereocenters. The third kappa shape index (κ3) is 2.18. The molecule has 2 aliphatic heterocycles. The fourth-order valence-corrected chi connectivity index (χ4v) is 3.89. The number of hydrogen-bond donors (Lipinski definition) is 0. The van der Waals surface area contributed by atoms with Crippen LogP contribution in [0, 0.1) is 0 Å². The minimum Gasteiger partial charge on any atom is -0.371 e. The van der Waals surface area contributed by atoms with Crippen LogP contribution in [0.2, 0.25) is 0 Å². The van der Waals surface area contributed by atoms with Gasteiger partial charge in [0.2, 0.25) is 0 Å². The third-order valence-corrected chi connectivity index (χ3v) is 5.24. The second kappa shape index (κ2) is 4.71. The second-order valence-corrected chi connectivity index (χ2v) is 6.37. The maximum Gasteiger partial charge on any atom is 0.416 e. The van der Waals surface area contributed by atoms with Crippen LogP contribution in [0.5, 0.6) is 0 Å². The molecule has 0 radical (unpaired) electrons. The van der Waals surface area contributed by atoms with E-state index in [-0.39, 0.29) is 18.6 Å². The molecule has 5 heteroatoms. The predicted octanol–water partition coefficient (Wildman–Crippen LogP) is 3.56. The Bertz CT molecular complexity index is 553. The highest BCUT2D eigenvalue weighted by Gasteiger charge is 2.44. The molecule has 1 saturated heterocycles. The van der Waals surface area contributed by atoms with Crippen LogP contribution in [0.1, 0.15) is 41.9 Å². The van der Waals surface area contributed by atoms with Crippen molar-refractivity contribution in [3.63, 3.8) is 0 Å². The van der Waals surface area contributed by atoms with Crippen molar-refractivity contribution in [2.75, 3.05) is 13.1 Å². The second-order valence-electron chi connectivity index (χ2n) is 6.37. The van der Waals surface area contributed by atoms with Crippen molar-refractivity contribution in [2.45, 2.75) is 50.1 Å². The van der Waals surface area contributed by atoms with Gasteiger partial charge in [-0.1, -0.05) is 18.6 Å². The van der Waals surface area contributed by atoms with Crippen molar-refractivity contribution in [3.05, 3.63) is 34.9 Å². The zero-order chi connectivity index (χ0) is 14.6. The molecule has 0 spiro atoms. The molecule has 0 aromatic heterocycles. The van der Waals surface area contributed by atoms with E-state index in [2.05, 4.69) is 4.90 Å². The summed E-state index contributed by atoms with van der Waals surface area (Å²) in [5.74, 6) is 0.0941. The average Bonchev–Trinajstić information content (AvgIpc) is 2.78. The molecule has 114 valence electrons. The standard InChI is InChI=1S/C16H18F3NO/c17-16(18,19)14-6-2-5-11-12-7-20(10-3-1-4-10)8-15(12)21-9-13(11)14/h2,5-6,10,12,15H,1,3-4,7-9H2. The summed E-state index contributed by atoms with van der Waals surface area (Å²) >= 11 is 0. The van der Waals surface area contributed by atoms with Crippen molar-refractivity contribution < 1.29 is 17.9 Å². The normalized spacial score (nSPS) is 29.9. The van der Waals surface area contributed by atoms with Gasteiger partial charge in [0.1, 0.15) is 0 Å². The first-order valence-electron chi connectivity index (χ1n) is 7.58. The molecule has 1 aromatic rings. The molecule has 0 N–H and O–H groups in total. The Morgan fingerprint density at radius 3 is 2.62 bits per heavy atom. The first-order chi connectivity index (χ1) is 10.0. The molecule has 3 aliphatic rings. The van der Waals surface area contributed by atoms with Gasteiger partial charge in [0.25, 0.3) is 0 Å². The SMILES string of the molecule is FC(F)(F)c1cccc2c1COC1CN(C3CCC3)CC21. The molecule has 21 heavy (non-hydrogen) atoms. The predicted molar refractivity (Wildman–Crippen MR) is 72.0 cm³/mol. The molecule has 0 bridgehead atoms. The highest BCUT2D eigenvalue weighted by Crippen LogP contribution is 2.43. The molecule has 1 aliphatic carbocycles. The fraction of sp³-hybridized carbons (Fsp3) is 0.625. The van der Waals surface area contributed by atoms with Crippen LogP contribution in [0.15, 0.2) is 18.2 Å². The lowest BCUT2D eigenvalue weighted by atomic mass is 9.87. The number of benzene rings is 1. The molecular formula is C16H18F3NO. The highest BCUT2D eigenvalue weighted by atomic mass is 19.4. The average molecular weight is 297 g/mol. The van der Waals surface area contributed by atoms with Crippen LogP contribution in [0.3, 0.4) is 0 Å². The fourth-order valence-electron chi connectivity index (χ4n) is 3.89. The van der Waals surface area contributed by atoms with Gasteiger partial charge in [0, 0.05) is 25.0 Å². The summed E-state index contributed by atoms with van der Waals surface area (Å²) in [6, 6.07) is 5.18. The monoisotopic (exact) mass is 297 g/mol. The zero-order valence-electron chi connectivity index (χ0n) is 11.7.